The Morgan fingerprint density at radius 3 is 2.18 bits per heavy atom. The van der Waals surface area contributed by atoms with E-state index in [2.05, 4.69) is 5.32 Å². The topological polar surface area (TPSA) is 66.5 Å². The van der Waals surface area contributed by atoms with Crippen molar-refractivity contribution in [3.8, 4) is 0 Å². The van der Waals surface area contributed by atoms with Gasteiger partial charge in [0.1, 0.15) is 6.04 Å². The molecule has 1 amide bonds. The number of aryl methyl sites for hydroxylation is 1. The molecular formula is C19H21F3N2O3S. The molecule has 2 rings (SSSR count). The minimum atomic E-state index is -4.65. The summed E-state index contributed by atoms with van der Waals surface area (Å²) in [7, 11) is -3.86. The molecule has 0 spiro atoms. The number of alkyl halides is 3. The maximum absolute atomic E-state index is 13.1. The Balaban J connectivity index is 2.35. The zero-order valence-electron chi connectivity index (χ0n) is 15.6. The van der Waals surface area contributed by atoms with E-state index in [0.717, 1.165) is 34.7 Å². The maximum atomic E-state index is 13.1. The molecule has 2 aromatic rings. The molecule has 5 nitrogen and oxygen atoms in total. The molecule has 0 aliphatic heterocycles. The maximum Gasteiger partial charge on any atom is 0.418 e. The van der Waals surface area contributed by atoms with Crippen molar-refractivity contribution >= 4 is 27.3 Å². The number of halogens is 3. The van der Waals surface area contributed by atoms with Crippen molar-refractivity contribution in [3.05, 3.63) is 59.7 Å². The largest absolute Gasteiger partial charge is 0.418 e. The number of rotatable bonds is 6. The van der Waals surface area contributed by atoms with Gasteiger partial charge in [0.25, 0.3) is 0 Å². The Kier molecular flexibility index (Phi) is 6.38. The van der Waals surface area contributed by atoms with Gasteiger partial charge in [-0.3, -0.25) is 9.10 Å². The molecule has 9 heteroatoms. The molecule has 0 saturated heterocycles. The fraction of sp³-hybridized carbons (Fsp3) is 0.316. The highest BCUT2D eigenvalue weighted by molar-refractivity contribution is 7.92. The average Bonchev–Trinajstić information content (AvgIpc) is 2.60. The van der Waals surface area contributed by atoms with Gasteiger partial charge in [-0.05, 0) is 43.2 Å². The van der Waals surface area contributed by atoms with Crippen LogP contribution in [0, 0.1) is 0 Å². The molecule has 0 bridgehead atoms. The highest BCUT2D eigenvalue weighted by atomic mass is 32.2. The van der Waals surface area contributed by atoms with E-state index in [1.165, 1.54) is 19.1 Å². The van der Waals surface area contributed by atoms with E-state index in [4.69, 9.17) is 0 Å². The van der Waals surface area contributed by atoms with E-state index in [0.29, 0.717) is 0 Å². The fourth-order valence-electron chi connectivity index (χ4n) is 2.76. The normalized spacial score (nSPS) is 13.1. The summed E-state index contributed by atoms with van der Waals surface area (Å²) in [6, 6.07) is 9.86. The first-order valence-electron chi connectivity index (χ1n) is 8.50. The number of hydrogen-bond acceptors (Lipinski definition) is 3. The first-order chi connectivity index (χ1) is 12.9. The average molecular weight is 414 g/mol. The van der Waals surface area contributed by atoms with Gasteiger partial charge in [0.2, 0.25) is 15.9 Å². The second-order valence-corrected chi connectivity index (χ2v) is 8.15. The number of anilines is 2. The van der Waals surface area contributed by atoms with Crippen molar-refractivity contribution in [2.75, 3.05) is 15.9 Å². The highest BCUT2D eigenvalue weighted by Crippen LogP contribution is 2.34. The van der Waals surface area contributed by atoms with Crippen LogP contribution in [0.4, 0.5) is 24.5 Å². The van der Waals surface area contributed by atoms with Gasteiger partial charge in [0, 0.05) is 0 Å². The van der Waals surface area contributed by atoms with Crippen LogP contribution in [0.25, 0.3) is 0 Å². The van der Waals surface area contributed by atoms with Crippen molar-refractivity contribution in [2.24, 2.45) is 0 Å². The molecule has 28 heavy (non-hydrogen) atoms. The summed E-state index contributed by atoms with van der Waals surface area (Å²) in [4.78, 5) is 12.6. The molecule has 0 aliphatic rings. The molecule has 0 fully saturated rings. The number of amides is 1. The number of nitrogens with one attached hydrogen (secondary N) is 1. The highest BCUT2D eigenvalue weighted by Gasteiger charge is 2.35. The van der Waals surface area contributed by atoms with Crippen LogP contribution in [0.1, 0.15) is 25.0 Å². The third-order valence-corrected chi connectivity index (χ3v) is 5.42. The summed E-state index contributed by atoms with van der Waals surface area (Å²) < 4.78 is 64.8. The number of carbonyl (C=O) groups is 1. The Bertz CT molecular complexity index is 942. The minimum Gasteiger partial charge on any atom is -0.324 e. The van der Waals surface area contributed by atoms with Gasteiger partial charge in [-0.2, -0.15) is 13.2 Å². The van der Waals surface area contributed by atoms with Crippen molar-refractivity contribution in [2.45, 2.75) is 32.5 Å². The second-order valence-electron chi connectivity index (χ2n) is 6.29. The minimum absolute atomic E-state index is 0.256. The van der Waals surface area contributed by atoms with Crippen molar-refractivity contribution in [1.29, 1.82) is 0 Å². The van der Waals surface area contributed by atoms with Crippen LogP contribution in [0.5, 0.6) is 0 Å². The molecule has 1 unspecified atom stereocenters. The summed E-state index contributed by atoms with van der Waals surface area (Å²) in [5.74, 6) is -0.873. The predicted molar refractivity (Wildman–Crippen MR) is 103 cm³/mol. The van der Waals surface area contributed by atoms with Crippen LogP contribution >= 0.6 is 0 Å². The number of sulfonamides is 1. The first-order valence-corrected chi connectivity index (χ1v) is 10.4. The molecule has 0 aliphatic carbocycles. The van der Waals surface area contributed by atoms with Crippen LogP contribution in [0.3, 0.4) is 0 Å². The van der Waals surface area contributed by atoms with Gasteiger partial charge < -0.3 is 5.32 Å². The van der Waals surface area contributed by atoms with E-state index in [1.54, 1.807) is 24.3 Å². The van der Waals surface area contributed by atoms with Gasteiger partial charge in [-0.1, -0.05) is 31.2 Å². The third-order valence-electron chi connectivity index (χ3n) is 4.18. The van der Waals surface area contributed by atoms with E-state index in [1.807, 2.05) is 6.92 Å². The van der Waals surface area contributed by atoms with Crippen molar-refractivity contribution in [3.63, 3.8) is 0 Å². The molecule has 2 aromatic carbocycles. The predicted octanol–water partition coefficient (Wildman–Crippen LogP) is 4.06. The number of benzene rings is 2. The number of hydrogen-bond donors (Lipinski definition) is 1. The van der Waals surface area contributed by atoms with Crippen LogP contribution in [0.15, 0.2) is 48.5 Å². The lowest BCUT2D eigenvalue weighted by atomic mass is 10.1. The van der Waals surface area contributed by atoms with Crippen LogP contribution in [-0.2, 0) is 27.4 Å². The van der Waals surface area contributed by atoms with E-state index >= 15 is 0 Å². The lowest BCUT2D eigenvalue weighted by molar-refractivity contribution is -0.137. The number of nitrogens with zero attached hydrogens (tertiary/aromatic N) is 1. The Morgan fingerprint density at radius 2 is 1.68 bits per heavy atom. The molecule has 0 heterocycles. The Morgan fingerprint density at radius 1 is 1.11 bits per heavy atom. The first kappa shape index (κ1) is 21.7. The summed E-state index contributed by atoms with van der Waals surface area (Å²) >= 11 is 0. The SMILES string of the molecule is CCc1ccc(N(C(C)C(=O)Nc2ccccc2C(F)(F)F)S(C)(=O)=O)cc1. The number of para-hydroxylation sites is 1. The quantitative estimate of drug-likeness (QED) is 0.775. The molecule has 0 radical (unpaired) electrons. The molecule has 1 N–H and O–H groups in total. The van der Waals surface area contributed by atoms with Gasteiger partial charge in [0.15, 0.2) is 0 Å². The monoisotopic (exact) mass is 414 g/mol. The van der Waals surface area contributed by atoms with Gasteiger partial charge in [-0.15, -0.1) is 0 Å². The lowest BCUT2D eigenvalue weighted by Gasteiger charge is -2.28. The van der Waals surface area contributed by atoms with E-state index in [9.17, 15) is 26.4 Å². The fourth-order valence-corrected chi connectivity index (χ4v) is 3.94. The van der Waals surface area contributed by atoms with E-state index < -0.39 is 39.4 Å². The smallest absolute Gasteiger partial charge is 0.324 e. The molecule has 0 saturated carbocycles. The molecule has 0 aromatic heterocycles. The zero-order chi connectivity index (χ0) is 21.1. The summed E-state index contributed by atoms with van der Waals surface area (Å²) in [5.41, 5.74) is -0.199. The summed E-state index contributed by atoms with van der Waals surface area (Å²) in [5, 5.41) is 2.20. The van der Waals surface area contributed by atoms with Crippen LogP contribution in [0.2, 0.25) is 0 Å². The molecule has 152 valence electrons. The Labute approximate surface area is 162 Å². The Hall–Kier alpha value is -2.55. The zero-order valence-corrected chi connectivity index (χ0v) is 16.4. The molecular weight excluding hydrogens is 393 g/mol. The number of carbonyl (C=O) groups excluding carboxylic acids is 1. The second kappa shape index (κ2) is 8.22. The van der Waals surface area contributed by atoms with Crippen LogP contribution < -0.4 is 9.62 Å². The van der Waals surface area contributed by atoms with Gasteiger partial charge in [0.05, 0.1) is 23.2 Å². The third kappa shape index (κ3) is 5.03. The summed E-state index contributed by atoms with van der Waals surface area (Å²) in [6.45, 7) is 3.26. The standard InChI is InChI=1S/C19H21F3N2O3S/c1-4-14-9-11-15(12-10-14)24(28(3,26)27)13(2)18(25)23-17-8-6-5-7-16(17)19(20,21)22/h5-13H,4H2,1-3H3,(H,23,25). The van der Waals surface area contributed by atoms with Gasteiger partial charge >= 0.3 is 6.18 Å². The van der Waals surface area contributed by atoms with E-state index in [-0.39, 0.29) is 5.69 Å². The van der Waals surface area contributed by atoms with Crippen molar-refractivity contribution < 1.29 is 26.4 Å². The van der Waals surface area contributed by atoms with Crippen LogP contribution in [-0.4, -0.2) is 26.6 Å². The van der Waals surface area contributed by atoms with Gasteiger partial charge in [-0.25, -0.2) is 8.42 Å². The van der Waals surface area contributed by atoms with Crippen molar-refractivity contribution in [1.82, 2.24) is 0 Å². The molecule has 1 atom stereocenters. The summed E-state index contributed by atoms with van der Waals surface area (Å²) in [6.07, 6.45) is -2.96. The lowest BCUT2D eigenvalue weighted by Crippen LogP contribution is -2.45.